The number of fused-ring (bicyclic) bond motifs is 1. The van der Waals surface area contributed by atoms with Crippen molar-refractivity contribution in [2.75, 3.05) is 25.9 Å². The number of furan rings is 1. The Labute approximate surface area is 174 Å². The van der Waals surface area contributed by atoms with Crippen LogP contribution in [0.15, 0.2) is 39.9 Å². The number of aromatic hydroxyl groups is 1. The first-order valence-corrected chi connectivity index (χ1v) is 11.4. The van der Waals surface area contributed by atoms with Crippen molar-refractivity contribution in [3.05, 3.63) is 46.8 Å². The summed E-state index contributed by atoms with van der Waals surface area (Å²) in [4.78, 5) is 18.7. The van der Waals surface area contributed by atoms with Crippen molar-refractivity contribution in [1.29, 1.82) is 0 Å². The first-order chi connectivity index (χ1) is 14.1. The van der Waals surface area contributed by atoms with E-state index in [1.807, 2.05) is 6.92 Å². The van der Waals surface area contributed by atoms with E-state index in [1.165, 1.54) is 21.3 Å². The van der Waals surface area contributed by atoms with Crippen LogP contribution in [0.3, 0.4) is 0 Å². The average Bonchev–Trinajstić information content (AvgIpc) is 3.10. The van der Waals surface area contributed by atoms with Gasteiger partial charge in [-0.25, -0.2) is 8.42 Å². The number of piperazine rings is 1. The van der Waals surface area contributed by atoms with Crippen molar-refractivity contribution in [3.8, 4) is 16.9 Å². The Morgan fingerprint density at radius 3 is 2.73 bits per heavy atom. The Kier molecular flexibility index (Phi) is 5.16. The Morgan fingerprint density at radius 2 is 2.07 bits per heavy atom. The zero-order valence-electron chi connectivity index (χ0n) is 17.1. The Hall–Kier alpha value is -2.69. The molecule has 0 radical (unpaired) electrons. The van der Waals surface area contributed by atoms with E-state index < -0.39 is 10.0 Å². The zero-order valence-corrected chi connectivity index (χ0v) is 17.9. The van der Waals surface area contributed by atoms with Crippen LogP contribution in [0.5, 0.6) is 5.75 Å². The van der Waals surface area contributed by atoms with E-state index in [2.05, 4.69) is 9.88 Å². The van der Waals surface area contributed by atoms with Gasteiger partial charge in [-0.15, -0.1) is 0 Å². The molecule has 0 unspecified atom stereocenters. The summed E-state index contributed by atoms with van der Waals surface area (Å²) in [5, 5.41) is 10.7. The Bertz CT molecular complexity index is 1260. The van der Waals surface area contributed by atoms with Gasteiger partial charge in [0.1, 0.15) is 17.1 Å². The summed E-state index contributed by atoms with van der Waals surface area (Å²) in [7, 11) is -1.56. The fourth-order valence-corrected chi connectivity index (χ4v) is 4.78. The summed E-state index contributed by atoms with van der Waals surface area (Å²) in [6.07, 6.45) is 5.78. The minimum Gasteiger partial charge on any atom is -0.506 e. The van der Waals surface area contributed by atoms with Gasteiger partial charge in [-0.3, -0.25) is 14.7 Å². The Morgan fingerprint density at radius 1 is 1.30 bits per heavy atom. The molecule has 1 N–H and O–H groups in total. The molecule has 160 valence electrons. The summed E-state index contributed by atoms with van der Waals surface area (Å²) < 4.78 is 32.6. The highest BCUT2D eigenvalue weighted by molar-refractivity contribution is 7.88. The van der Waals surface area contributed by atoms with Gasteiger partial charge in [-0.05, 0) is 19.1 Å². The van der Waals surface area contributed by atoms with Gasteiger partial charge in [0.05, 0.1) is 24.4 Å². The molecule has 30 heavy (non-hydrogen) atoms. The van der Waals surface area contributed by atoms with Crippen LogP contribution in [0, 0.1) is 0 Å². The molecule has 0 aliphatic carbocycles. The van der Waals surface area contributed by atoms with Crippen molar-refractivity contribution >= 4 is 21.0 Å². The van der Waals surface area contributed by atoms with Crippen LogP contribution in [0.25, 0.3) is 22.1 Å². The molecule has 3 aromatic heterocycles. The number of hydrogen-bond donors (Lipinski definition) is 1. The zero-order chi connectivity index (χ0) is 21.6. The molecule has 1 saturated heterocycles. The van der Waals surface area contributed by atoms with E-state index in [1.54, 1.807) is 31.6 Å². The maximum atomic E-state index is 12.7. The van der Waals surface area contributed by atoms with Crippen molar-refractivity contribution in [2.45, 2.75) is 19.5 Å². The van der Waals surface area contributed by atoms with E-state index in [4.69, 9.17) is 4.42 Å². The monoisotopic (exact) mass is 432 g/mol. The quantitative estimate of drug-likeness (QED) is 0.663. The molecule has 0 spiro atoms. The van der Waals surface area contributed by atoms with Crippen molar-refractivity contribution in [3.63, 3.8) is 0 Å². The standard InChI is InChI=1S/C20H24N4O5S/c1-13-10-24(30(3,27)28)7-6-23(13)11-14-8-16-19(29-14)17(12-22(2)20(16)26)15-4-5-21-9-18(15)25/h4-5,8-9,12-13,25H,6-7,10-11H2,1-3H3/t13-/m1/s1. The summed E-state index contributed by atoms with van der Waals surface area (Å²) >= 11 is 0. The van der Waals surface area contributed by atoms with Crippen LogP contribution < -0.4 is 5.56 Å². The number of aromatic nitrogens is 2. The second-order valence-electron chi connectivity index (χ2n) is 7.75. The lowest BCUT2D eigenvalue weighted by Crippen LogP contribution is -2.52. The Balaban J connectivity index is 1.69. The number of pyridine rings is 2. The predicted molar refractivity (Wildman–Crippen MR) is 113 cm³/mol. The van der Waals surface area contributed by atoms with E-state index in [0.717, 1.165) is 0 Å². The molecular weight excluding hydrogens is 408 g/mol. The first-order valence-electron chi connectivity index (χ1n) is 9.59. The smallest absolute Gasteiger partial charge is 0.261 e. The summed E-state index contributed by atoms with van der Waals surface area (Å²) in [5.74, 6) is 0.615. The third kappa shape index (κ3) is 3.73. The molecule has 1 aliphatic rings. The van der Waals surface area contributed by atoms with Gasteiger partial charge >= 0.3 is 0 Å². The number of hydrogen-bond acceptors (Lipinski definition) is 7. The van der Waals surface area contributed by atoms with Gasteiger partial charge in [0.25, 0.3) is 5.56 Å². The van der Waals surface area contributed by atoms with Gasteiger partial charge in [-0.2, -0.15) is 4.31 Å². The molecule has 0 saturated carbocycles. The van der Waals surface area contributed by atoms with Crippen molar-refractivity contribution in [1.82, 2.24) is 18.8 Å². The lowest BCUT2D eigenvalue weighted by molar-refractivity contribution is 0.115. The maximum absolute atomic E-state index is 12.7. The highest BCUT2D eigenvalue weighted by Gasteiger charge is 2.29. The summed E-state index contributed by atoms with van der Waals surface area (Å²) in [6.45, 7) is 3.83. The number of rotatable bonds is 4. The first kappa shape index (κ1) is 20.6. The molecule has 10 heteroatoms. The lowest BCUT2D eigenvalue weighted by atomic mass is 10.1. The van der Waals surface area contributed by atoms with Crippen molar-refractivity contribution < 1.29 is 17.9 Å². The van der Waals surface area contributed by atoms with Crippen molar-refractivity contribution in [2.24, 2.45) is 7.05 Å². The highest BCUT2D eigenvalue weighted by Crippen LogP contribution is 2.34. The fourth-order valence-electron chi connectivity index (χ4n) is 3.88. The topological polar surface area (TPSA) is 109 Å². The highest BCUT2D eigenvalue weighted by atomic mass is 32.2. The van der Waals surface area contributed by atoms with Crippen LogP contribution in [-0.4, -0.2) is 64.2 Å². The molecule has 3 aromatic rings. The van der Waals surface area contributed by atoms with E-state index in [9.17, 15) is 18.3 Å². The maximum Gasteiger partial charge on any atom is 0.261 e. The van der Waals surface area contributed by atoms with Gasteiger partial charge < -0.3 is 14.1 Å². The third-order valence-electron chi connectivity index (χ3n) is 5.55. The molecular formula is C20H24N4O5S. The minimum atomic E-state index is -3.22. The average molecular weight is 433 g/mol. The normalized spacial score (nSPS) is 18.8. The van der Waals surface area contributed by atoms with Crippen LogP contribution >= 0.6 is 0 Å². The molecule has 0 bridgehead atoms. The van der Waals surface area contributed by atoms with E-state index in [-0.39, 0.29) is 17.4 Å². The molecule has 9 nitrogen and oxygen atoms in total. The predicted octanol–water partition coefficient (Wildman–Crippen LogP) is 1.36. The number of nitrogens with zero attached hydrogens (tertiary/aromatic N) is 4. The second-order valence-corrected chi connectivity index (χ2v) is 9.73. The molecule has 0 amide bonds. The SMILES string of the molecule is C[C@@H]1CN(S(C)(=O)=O)CCN1Cc1cc2c(=O)n(C)cc(-c3ccncc3O)c2o1. The van der Waals surface area contributed by atoms with Crippen LogP contribution in [0.1, 0.15) is 12.7 Å². The van der Waals surface area contributed by atoms with E-state index in [0.29, 0.717) is 54.0 Å². The summed E-state index contributed by atoms with van der Waals surface area (Å²) in [5.41, 5.74) is 1.36. The molecule has 1 fully saturated rings. The number of sulfonamides is 1. The molecule has 1 atom stereocenters. The third-order valence-corrected chi connectivity index (χ3v) is 6.82. The second kappa shape index (κ2) is 7.53. The lowest BCUT2D eigenvalue weighted by Gasteiger charge is -2.38. The van der Waals surface area contributed by atoms with Gasteiger partial charge in [0.15, 0.2) is 0 Å². The number of aryl methyl sites for hydroxylation is 1. The molecule has 1 aliphatic heterocycles. The van der Waals surface area contributed by atoms with Crippen LogP contribution in [0.2, 0.25) is 0 Å². The van der Waals surface area contributed by atoms with Gasteiger partial charge in [0.2, 0.25) is 10.0 Å². The molecule has 4 rings (SSSR count). The van der Waals surface area contributed by atoms with Crippen LogP contribution in [0.4, 0.5) is 0 Å². The van der Waals surface area contributed by atoms with Gasteiger partial charge in [0, 0.05) is 56.2 Å². The summed E-state index contributed by atoms with van der Waals surface area (Å²) in [6, 6.07) is 3.41. The van der Waals surface area contributed by atoms with E-state index >= 15 is 0 Å². The fraction of sp³-hybridized carbons (Fsp3) is 0.400. The largest absolute Gasteiger partial charge is 0.506 e. The minimum absolute atomic E-state index is 0.000850. The van der Waals surface area contributed by atoms with Crippen LogP contribution in [-0.2, 0) is 23.6 Å². The van der Waals surface area contributed by atoms with Gasteiger partial charge in [-0.1, -0.05) is 0 Å². The molecule has 0 aromatic carbocycles. The molecule has 4 heterocycles.